The summed E-state index contributed by atoms with van der Waals surface area (Å²) in [5.41, 5.74) is 8.10. The lowest BCUT2D eigenvalue weighted by atomic mass is 9.92. The molecule has 0 aliphatic heterocycles. The number of hydrogen-bond donors (Lipinski definition) is 0. The van der Waals surface area contributed by atoms with Crippen LogP contribution in [0.5, 0.6) is 0 Å². The average molecular weight is 497 g/mol. The molecule has 1 heterocycles. The van der Waals surface area contributed by atoms with Crippen molar-refractivity contribution in [2.24, 2.45) is 0 Å². The van der Waals surface area contributed by atoms with Gasteiger partial charge in [0.25, 0.3) is 0 Å². The summed E-state index contributed by atoms with van der Waals surface area (Å²) in [4.78, 5) is 4.96. The van der Waals surface area contributed by atoms with Gasteiger partial charge >= 0.3 is 0 Å². The molecule has 0 amide bonds. The maximum atomic E-state index is 4.96. The topological polar surface area (TPSA) is 17.8 Å². The van der Waals surface area contributed by atoms with Crippen molar-refractivity contribution in [2.45, 2.75) is 0 Å². The Labute approximate surface area is 226 Å². The Morgan fingerprint density at radius 3 is 1.90 bits per heavy atom. The van der Waals surface area contributed by atoms with Crippen molar-refractivity contribution in [1.82, 2.24) is 9.55 Å². The third kappa shape index (κ3) is 3.39. The molecule has 0 atom stereocenters. The molecule has 0 radical (unpaired) electrons. The summed E-state index contributed by atoms with van der Waals surface area (Å²) in [6.45, 7) is 0. The number of imidazole rings is 1. The zero-order valence-electron chi connectivity index (χ0n) is 21.3. The van der Waals surface area contributed by atoms with Crippen molar-refractivity contribution < 1.29 is 0 Å². The van der Waals surface area contributed by atoms with Gasteiger partial charge in [-0.25, -0.2) is 4.98 Å². The Hall–Kier alpha value is -5.21. The highest BCUT2D eigenvalue weighted by molar-refractivity contribution is 6.19. The molecule has 1 aromatic heterocycles. The van der Waals surface area contributed by atoms with Gasteiger partial charge in [0.05, 0.1) is 16.7 Å². The van der Waals surface area contributed by atoms with Crippen LogP contribution < -0.4 is 0 Å². The number of nitrogens with zero attached hydrogens (tertiary/aromatic N) is 2. The van der Waals surface area contributed by atoms with E-state index >= 15 is 0 Å². The third-order valence-electron chi connectivity index (χ3n) is 7.86. The fourth-order valence-electron chi connectivity index (χ4n) is 6.08. The van der Waals surface area contributed by atoms with Gasteiger partial charge in [-0.2, -0.15) is 0 Å². The summed E-state index contributed by atoms with van der Waals surface area (Å²) in [6.07, 6.45) is 1.99. The van der Waals surface area contributed by atoms with Crippen molar-refractivity contribution in [2.75, 3.05) is 0 Å². The van der Waals surface area contributed by atoms with E-state index in [0.717, 1.165) is 16.6 Å². The first-order valence-corrected chi connectivity index (χ1v) is 13.3. The SMILES string of the molecule is c1ccc(-c2cccc3c2ccc2c(-n4cnc5c(-c6ccccc6)cccc54)c4ccccc4cc23)cc1. The van der Waals surface area contributed by atoms with E-state index in [9.17, 15) is 0 Å². The summed E-state index contributed by atoms with van der Waals surface area (Å²) in [5.74, 6) is 0. The normalized spacial score (nSPS) is 11.6. The second kappa shape index (κ2) is 8.68. The Balaban J connectivity index is 1.46. The van der Waals surface area contributed by atoms with Gasteiger partial charge in [0.1, 0.15) is 6.33 Å². The number of para-hydroxylation sites is 1. The van der Waals surface area contributed by atoms with Crippen molar-refractivity contribution in [3.8, 4) is 27.9 Å². The number of fused-ring (bicyclic) bond motifs is 5. The first kappa shape index (κ1) is 21.8. The molecule has 0 saturated heterocycles. The van der Waals surface area contributed by atoms with Crippen molar-refractivity contribution >= 4 is 43.4 Å². The van der Waals surface area contributed by atoms with Crippen LogP contribution in [0, 0.1) is 0 Å². The second-order valence-corrected chi connectivity index (χ2v) is 10.0. The summed E-state index contributed by atoms with van der Waals surface area (Å²) in [6, 6.07) is 49.9. The highest BCUT2D eigenvalue weighted by atomic mass is 15.1. The van der Waals surface area contributed by atoms with E-state index < -0.39 is 0 Å². The molecule has 39 heavy (non-hydrogen) atoms. The highest BCUT2D eigenvalue weighted by Crippen LogP contribution is 2.40. The minimum absolute atomic E-state index is 1.01. The zero-order chi connectivity index (χ0) is 25.8. The van der Waals surface area contributed by atoms with Gasteiger partial charge in [-0.15, -0.1) is 0 Å². The van der Waals surface area contributed by atoms with E-state index in [4.69, 9.17) is 4.98 Å². The molecule has 8 rings (SSSR count). The molecule has 0 aliphatic carbocycles. The Morgan fingerprint density at radius 2 is 1.08 bits per heavy atom. The molecule has 0 N–H and O–H groups in total. The molecule has 0 spiro atoms. The van der Waals surface area contributed by atoms with Crippen molar-refractivity contribution in [1.29, 1.82) is 0 Å². The van der Waals surface area contributed by atoms with Gasteiger partial charge in [0.15, 0.2) is 0 Å². The Bertz CT molecular complexity index is 2160. The maximum absolute atomic E-state index is 4.96. The lowest BCUT2D eigenvalue weighted by Gasteiger charge is -2.16. The number of aromatic nitrogens is 2. The van der Waals surface area contributed by atoms with Crippen LogP contribution in [0.2, 0.25) is 0 Å². The molecule has 0 bridgehead atoms. The predicted molar refractivity (Wildman–Crippen MR) is 164 cm³/mol. The van der Waals surface area contributed by atoms with Gasteiger partial charge in [-0.3, -0.25) is 4.57 Å². The van der Waals surface area contributed by atoms with Crippen molar-refractivity contribution in [3.63, 3.8) is 0 Å². The summed E-state index contributed by atoms with van der Waals surface area (Å²) >= 11 is 0. The fourth-order valence-corrected chi connectivity index (χ4v) is 6.08. The van der Waals surface area contributed by atoms with E-state index in [1.54, 1.807) is 0 Å². The number of rotatable bonds is 3. The van der Waals surface area contributed by atoms with Gasteiger partial charge in [-0.1, -0.05) is 127 Å². The molecular weight excluding hydrogens is 472 g/mol. The lowest BCUT2D eigenvalue weighted by molar-refractivity contribution is 1.12. The Morgan fingerprint density at radius 1 is 0.436 bits per heavy atom. The van der Waals surface area contributed by atoms with Crippen LogP contribution in [0.25, 0.3) is 71.3 Å². The monoisotopic (exact) mass is 496 g/mol. The van der Waals surface area contributed by atoms with Gasteiger partial charge in [0, 0.05) is 16.3 Å². The largest absolute Gasteiger partial charge is 0.298 e. The molecule has 182 valence electrons. The summed E-state index contributed by atoms with van der Waals surface area (Å²) in [5, 5.41) is 7.43. The van der Waals surface area contributed by atoms with Crippen LogP contribution in [0.3, 0.4) is 0 Å². The van der Waals surface area contributed by atoms with E-state index in [-0.39, 0.29) is 0 Å². The molecule has 2 heteroatoms. The van der Waals surface area contributed by atoms with E-state index in [2.05, 4.69) is 144 Å². The molecule has 0 fully saturated rings. The van der Waals surface area contributed by atoms with E-state index in [0.29, 0.717) is 0 Å². The minimum atomic E-state index is 1.01. The quantitative estimate of drug-likeness (QED) is 0.176. The standard InChI is InChI=1S/C37H24N2/c1-3-11-25(12-4-1)28-17-9-19-31-32(28)21-22-33-34(31)23-27-15-7-8-16-30(27)37(33)39-24-38-36-29(18-10-20-35(36)39)26-13-5-2-6-14-26/h1-24H. The van der Waals surface area contributed by atoms with Crippen LogP contribution in [0.15, 0.2) is 146 Å². The Kier molecular flexibility index (Phi) is 4.86. The average Bonchev–Trinajstić information content (AvgIpc) is 3.44. The lowest BCUT2D eigenvalue weighted by Crippen LogP contribution is -1.96. The number of benzene rings is 7. The van der Waals surface area contributed by atoms with E-state index in [1.165, 1.54) is 54.7 Å². The molecule has 0 unspecified atom stereocenters. The summed E-state index contributed by atoms with van der Waals surface area (Å²) in [7, 11) is 0. The van der Waals surface area contributed by atoms with Crippen LogP contribution in [-0.4, -0.2) is 9.55 Å². The molecule has 8 aromatic rings. The van der Waals surface area contributed by atoms with Crippen molar-refractivity contribution in [3.05, 3.63) is 146 Å². The van der Waals surface area contributed by atoms with Crippen LogP contribution in [-0.2, 0) is 0 Å². The van der Waals surface area contributed by atoms with E-state index in [1.807, 2.05) is 6.33 Å². The zero-order valence-corrected chi connectivity index (χ0v) is 21.3. The molecule has 0 aliphatic rings. The number of hydrogen-bond acceptors (Lipinski definition) is 1. The van der Waals surface area contributed by atoms with Gasteiger partial charge < -0.3 is 0 Å². The third-order valence-corrected chi connectivity index (χ3v) is 7.86. The molecule has 7 aromatic carbocycles. The predicted octanol–water partition coefficient (Wildman–Crippen LogP) is 9.82. The van der Waals surface area contributed by atoms with Gasteiger partial charge in [0.2, 0.25) is 0 Å². The molecular formula is C37H24N2. The summed E-state index contributed by atoms with van der Waals surface area (Å²) < 4.78 is 2.28. The highest BCUT2D eigenvalue weighted by Gasteiger charge is 2.17. The van der Waals surface area contributed by atoms with Crippen LogP contribution in [0.4, 0.5) is 0 Å². The first-order chi connectivity index (χ1) is 19.4. The smallest absolute Gasteiger partial charge is 0.100 e. The maximum Gasteiger partial charge on any atom is 0.100 e. The molecule has 0 saturated carbocycles. The van der Waals surface area contributed by atoms with Crippen LogP contribution in [0.1, 0.15) is 0 Å². The minimum Gasteiger partial charge on any atom is -0.298 e. The molecule has 2 nitrogen and oxygen atoms in total. The second-order valence-electron chi connectivity index (χ2n) is 10.0. The fraction of sp³-hybridized carbons (Fsp3) is 0. The first-order valence-electron chi connectivity index (χ1n) is 13.3. The van der Waals surface area contributed by atoms with Gasteiger partial charge in [-0.05, 0) is 50.4 Å². The van der Waals surface area contributed by atoms with Crippen LogP contribution >= 0.6 is 0 Å².